The molecule has 0 atom stereocenters. The standard InChI is InChI=1S/C25H23F3N2O3/c1-24(2)32-20-10-9-19(15-21(20)33-24)30(23(31)14-17-6-4-3-5-7-17)13-12-18-8-11-22(29-16-18)25(26,27)28/h3-11,15-16H,12-14H2,1-2H3. The average molecular weight is 456 g/mol. The number of benzene rings is 2. The second-order valence-electron chi connectivity index (χ2n) is 8.24. The van der Waals surface area contributed by atoms with E-state index in [1.807, 2.05) is 30.3 Å². The molecular formula is C25H23F3N2O3. The van der Waals surface area contributed by atoms with Crippen LogP contribution in [0.5, 0.6) is 11.5 Å². The minimum absolute atomic E-state index is 0.140. The summed E-state index contributed by atoms with van der Waals surface area (Å²) in [6.07, 6.45) is -2.76. The zero-order valence-corrected chi connectivity index (χ0v) is 18.2. The van der Waals surface area contributed by atoms with Gasteiger partial charge >= 0.3 is 6.18 Å². The fourth-order valence-corrected chi connectivity index (χ4v) is 3.62. The maximum absolute atomic E-state index is 13.2. The second-order valence-corrected chi connectivity index (χ2v) is 8.24. The normalized spacial score (nSPS) is 14.2. The SMILES string of the molecule is CC1(C)Oc2ccc(N(CCc3ccc(C(F)(F)F)nc3)C(=O)Cc3ccccc3)cc2O1. The molecule has 3 aromatic rings. The van der Waals surface area contributed by atoms with Gasteiger partial charge in [-0.05, 0) is 35.7 Å². The molecule has 2 heterocycles. The monoisotopic (exact) mass is 456 g/mol. The first kappa shape index (κ1) is 22.6. The van der Waals surface area contributed by atoms with Crippen LogP contribution in [0.3, 0.4) is 0 Å². The van der Waals surface area contributed by atoms with Gasteiger partial charge in [-0.25, -0.2) is 0 Å². The molecule has 8 heteroatoms. The van der Waals surface area contributed by atoms with Crippen molar-refractivity contribution in [3.63, 3.8) is 0 Å². The molecule has 5 nitrogen and oxygen atoms in total. The van der Waals surface area contributed by atoms with Gasteiger partial charge in [0.15, 0.2) is 11.5 Å². The van der Waals surface area contributed by atoms with Crippen molar-refractivity contribution in [1.82, 2.24) is 4.98 Å². The number of carbonyl (C=O) groups is 1. The summed E-state index contributed by atoms with van der Waals surface area (Å²) in [6.45, 7) is 3.85. The fraction of sp³-hybridized carbons (Fsp3) is 0.280. The van der Waals surface area contributed by atoms with Gasteiger partial charge < -0.3 is 14.4 Å². The number of alkyl halides is 3. The third-order valence-corrected chi connectivity index (χ3v) is 5.19. The molecule has 0 spiro atoms. The summed E-state index contributed by atoms with van der Waals surface area (Å²) < 4.78 is 49.9. The Morgan fingerprint density at radius 2 is 1.70 bits per heavy atom. The Hall–Kier alpha value is -3.55. The van der Waals surface area contributed by atoms with Gasteiger partial charge in [-0.1, -0.05) is 36.4 Å². The summed E-state index contributed by atoms with van der Waals surface area (Å²) in [5.74, 6) is 0.183. The van der Waals surface area contributed by atoms with Crippen LogP contribution in [0.1, 0.15) is 30.7 Å². The maximum atomic E-state index is 13.2. The number of amides is 1. The molecule has 0 fully saturated rings. The van der Waals surface area contributed by atoms with E-state index in [4.69, 9.17) is 9.47 Å². The molecule has 1 amide bonds. The lowest BCUT2D eigenvalue weighted by atomic mass is 10.1. The number of pyridine rings is 1. The fourth-order valence-electron chi connectivity index (χ4n) is 3.62. The summed E-state index contributed by atoms with van der Waals surface area (Å²) >= 11 is 0. The Labute approximate surface area is 189 Å². The highest BCUT2D eigenvalue weighted by Crippen LogP contribution is 2.41. The van der Waals surface area contributed by atoms with Crippen LogP contribution in [0, 0.1) is 0 Å². The van der Waals surface area contributed by atoms with Crippen LogP contribution in [-0.4, -0.2) is 23.2 Å². The van der Waals surface area contributed by atoms with E-state index < -0.39 is 17.7 Å². The zero-order valence-electron chi connectivity index (χ0n) is 18.2. The van der Waals surface area contributed by atoms with Gasteiger partial charge in [0.05, 0.1) is 6.42 Å². The van der Waals surface area contributed by atoms with Crippen LogP contribution < -0.4 is 14.4 Å². The van der Waals surface area contributed by atoms with E-state index in [0.717, 1.165) is 11.6 Å². The van der Waals surface area contributed by atoms with Crippen LogP contribution in [0.2, 0.25) is 0 Å². The third-order valence-electron chi connectivity index (χ3n) is 5.19. The molecule has 2 aromatic carbocycles. The van der Waals surface area contributed by atoms with Gasteiger partial charge in [0.1, 0.15) is 5.69 Å². The molecular weight excluding hydrogens is 433 g/mol. The van der Waals surface area contributed by atoms with Gasteiger partial charge in [0, 0.05) is 38.3 Å². The number of fused-ring (bicyclic) bond motifs is 1. The smallest absolute Gasteiger partial charge is 0.433 e. The number of carbonyl (C=O) groups excluding carboxylic acids is 1. The maximum Gasteiger partial charge on any atom is 0.433 e. The van der Waals surface area contributed by atoms with Crippen LogP contribution >= 0.6 is 0 Å². The van der Waals surface area contributed by atoms with E-state index in [9.17, 15) is 18.0 Å². The average Bonchev–Trinajstić information content (AvgIpc) is 3.07. The lowest BCUT2D eigenvalue weighted by molar-refractivity contribution is -0.141. The molecule has 0 N–H and O–H groups in total. The lowest BCUT2D eigenvalue weighted by Gasteiger charge is -2.23. The first-order chi connectivity index (χ1) is 15.6. The molecule has 0 saturated heterocycles. The summed E-state index contributed by atoms with van der Waals surface area (Å²) in [5.41, 5.74) is 1.14. The van der Waals surface area contributed by atoms with Crippen molar-refractivity contribution in [1.29, 1.82) is 0 Å². The summed E-state index contributed by atoms with van der Waals surface area (Å²) in [5, 5.41) is 0. The molecule has 0 saturated carbocycles. The van der Waals surface area contributed by atoms with Crippen LogP contribution in [0.25, 0.3) is 0 Å². The van der Waals surface area contributed by atoms with E-state index in [2.05, 4.69) is 4.98 Å². The van der Waals surface area contributed by atoms with E-state index in [-0.39, 0.29) is 18.9 Å². The quantitative estimate of drug-likeness (QED) is 0.497. The zero-order chi connectivity index (χ0) is 23.6. The Morgan fingerprint density at radius 1 is 0.970 bits per heavy atom. The van der Waals surface area contributed by atoms with Crippen LogP contribution in [-0.2, 0) is 23.8 Å². The molecule has 172 valence electrons. The van der Waals surface area contributed by atoms with Crippen molar-refractivity contribution < 1.29 is 27.4 Å². The molecule has 1 aliphatic rings. The highest BCUT2D eigenvalue weighted by Gasteiger charge is 2.33. The van der Waals surface area contributed by atoms with Crippen molar-refractivity contribution in [3.05, 3.63) is 83.7 Å². The molecule has 1 aromatic heterocycles. The van der Waals surface area contributed by atoms with Crippen LogP contribution in [0.15, 0.2) is 66.9 Å². The van der Waals surface area contributed by atoms with E-state index >= 15 is 0 Å². The third kappa shape index (κ3) is 5.45. The van der Waals surface area contributed by atoms with Gasteiger partial charge in [0.2, 0.25) is 11.7 Å². The summed E-state index contributed by atoms with van der Waals surface area (Å²) in [6, 6.07) is 17.0. The first-order valence-electron chi connectivity index (χ1n) is 10.5. The van der Waals surface area contributed by atoms with Gasteiger partial charge in [-0.15, -0.1) is 0 Å². The van der Waals surface area contributed by atoms with Crippen LogP contribution in [0.4, 0.5) is 18.9 Å². The molecule has 0 unspecified atom stereocenters. The number of hydrogen-bond acceptors (Lipinski definition) is 4. The van der Waals surface area contributed by atoms with Crippen molar-refractivity contribution in [2.75, 3.05) is 11.4 Å². The predicted molar refractivity (Wildman–Crippen MR) is 117 cm³/mol. The Morgan fingerprint density at radius 3 is 2.36 bits per heavy atom. The Balaban J connectivity index is 1.56. The molecule has 0 bridgehead atoms. The lowest BCUT2D eigenvalue weighted by Crippen LogP contribution is -2.34. The van der Waals surface area contributed by atoms with Crippen molar-refractivity contribution >= 4 is 11.6 Å². The molecule has 0 aliphatic carbocycles. The predicted octanol–water partition coefficient (Wildman–Crippen LogP) is 5.43. The molecule has 1 aliphatic heterocycles. The first-order valence-corrected chi connectivity index (χ1v) is 10.5. The number of aromatic nitrogens is 1. The number of nitrogens with zero attached hydrogens (tertiary/aromatic N) is 2. The molecule has 4 rings (SSSR count). The van der Waals surface area contributed by atoms with Crippen molar-refractivity contribution in [3.8, 4) is 11.5 Å². The number of anilines is 1. The van der Waals surface area contributed by atoms with Gasteiger partial charge in [0.25, 0.3) is 0 Å². The van der Waals surface area contributed by atoms with E-state index in [0.29, 0.717) is 29.2 Å². The van der Waals surface area contributed by atoms with Gasteiger partial charge in [-0.2, -0.15) is 13.2 Å². The molecule has 0 radical (unpaired) electrons. The number of halogens is 3. The number of rotatable bonds is 6. The number of ether oxygens (including phenoxy) is 2. The van der Waals surface area contributed by atoms with Crippen molar-refractivity contribution in [2.24, 2.45) is 0 Å². The topological polar surface area (TPSA) is 51.7 Å². The summed E-state index contributed by atoms with van der Waals surface area (Å²) in [4.78, 5) is 18.4. The summed E-state index contributed by atoms with van der Waals surface area (Å²) in [7, 11) is 0. The Kier molecular flexibility index (Phi) is 6.01. The highest BCUT2D eigenvalue weighted by atomic mass is 19.4. The van der Waals surface area contributed by atoms with E-state index in [1.165, 1.54) is 12.3 Å². The minimum Gasteiger partial charge on any atom is -0.449 e. The highest BCUT2D eigenvalue weighted by molar-refractivity contribution is 5.95. The largest absolute Gasteiger partial charge is 0.449 e. The minimum atomic E-state index is -4.49. The molecule has 33 heavy (non-hydrogen) atoms. The van der Waals surface area contributed by atoms with E-state index in [1.54, 1.807) is 36.9 Å². The number of hydrogen-bond donors (Lipinski definition) is 0. The second kappa shape index (κ2) is 8.77. The Bertz CT molecular complexity index is 1130. The van der Waals surface area contributed by atoms with Gasteiger partial charge in [-0.3, -0.25) is 9.78 Å². The van der Waals surface area contributed by atoms with Crippen molar-refractivity contribution in [2.45, 2.75) is 38.7 Å².